The van der Waals surface area contributed by atoms with Crippen molar-refractivity contribution in [2.45, 2.75) is 64.1 Å². The van der Waals surface area contributed by atoms with Gasteiger partial charge in [-0.2, -0.15) is 4.98 Å². The lowest BCUT2D eigenvalue weighted by Gasteiger charge is -2.37. The lowest BCUT2D eigenvalue weighted by Crippen LogP contribution is -2.54. The monoisotopic (exact) mass is 456 g/mol. The number of benzene rings is 1. The number of hydrogen-bond donors (Lipinski definition) is 2. The van der Waals surface area contributed by atoms with Crippen LogP contribution in [0, 0.1) is 0 Å². The maximum atomic E-state index is 12.9. The van der Waals surface area contributed by atoms with E-state index < -0.39 is 10.0 Å². The smallest absolute Gasteiger partial charge is 0.236 e. The molecule has 1 aromatic carbocycles. The minimum Gasteiger partial charge on any atom is -0.368 e. The predicted octanol–water partition coefficient (Wildman–Crippen LogP) is 3.04. The second-order valence-corrected chi connectivity index (χ2v) is 11.4. The fourth-order valence-electron chi connectivity index (χ4n) is 5.26. The molecule has 2 fully saturated rings. The summed E-state index contributed by atoms with van der Waals surface area (Å²) in [5.74, 6) is 1.12. The largest absolute Gasteiger partial charge is 0.368 e. The van der Waals surface area contributed by atoms with Crippen LogP contribution in [-0.2, 0) is 16.4 Å². The molecular formula is C23H32N6O2S. The number of nitrogens with one attached hydrogen (secondary N) is 2. The molecule has 3 aliphatic rings. The average molecular weight is 457 g/mol. The van der Waals surface area contributed by atoms with Crippen LogP contribution in [-0.4, -0.2) is 55.4 Å². The summed E-state index contributed by atoms with van der Waals surface area (Å²) in [5.41, 5.74) is 2.99. The Balaban J connectivity index is 1.36. The Morgan fingerprint density at radius 1 is 1.06 bits per heavy atom. The molecule has 2 atom stereocenters. The molecular weight excluding hydrogens is 424 g/mol. The zero-order valence-electron chi connectivity index (χ0n) is 18.8. The van der Waals surface area contributed by atoms with Crippen molar-refractivity contribution in [1.82, 2.24) is 15.3 Å². The van der Waals surface area contributed by atoms with E-state index in [1.807, 2.05) is 12.1 Å². The third-order valence-electron chi connectivity index (χ3n) is 6.68. The van der Waals surface area contributed by atoms with E-state index in [0.29, 0.717) is 30.3 Å². The van der Waals surface area contributed by atoms with Crippen molar-refractivity contribution in [2.75, 3.05) is 33.4 Å². The van der Waals surface area contributed by atoms with Crippen LogP contribution in [0.5, 0.6) is 0 Å². The second-order valence-electron chi connectivity index (χ2n) is 9.39. The summed E-state index contributed by atoms with van der Waals surface area (Å²) in [7, 11) is -3.33. The van der Waals surface area contributed by atoms with Gasteiger partial charge < -0.3 is 15.5 Å². The quantitative estimate of drug-likeness (QED) is 0.731. The SMILES string of the molecule is CC1CN(c2ccc(Nc3ncc4c(n3)N(C3CCCC3)S(=O)(=O)CC4)cc2)CC(C)N1. The highest BCUT2D eigenvalue weighted by Crippen LogP contribution is 2.35. The molecule has 1 saturated heterocycles. The number of aryl methyl sites for hydroxylation is 1. The van der Waals surface area contributed by atoms with E-state index >= 15 is 0 Å². The Morgan fingerprint density at radius 3 is 2.44 bits per heavy atom. The highest BCUT2D eigenvalue weighted by molar-refractivity contribution is 7.92. The summed E-state index contributed by atoms with van der Waals surface area (Å²) in [6.07, 6.45) is 6.18. The first-order chi connectivity index (χ1) is 15.4. The fourth-order valence-corrected chi connectivity index (χ4v) is 7.02. The van der Waals surface area contributed by atoms with E-state index in [0.717, 1.165) is 50.0 Å². The molecule has 0 radical (unpaired) electrons. The van der Waals surface area contributed by atoms with Crippen LogP contribution in [0.2, 0.25) is 0 Å². The van der Waals surface area contributed by atoms with Gasteiger partial charge in [-0.15, -0.1) is 0 Å². The van der Waals surface area contributed by atoms with Gasteiger partial charge in [0, 0.05) is 54.4 Å². The average Bonchev–Trinajstić information content (AvgIpc) is 3.27. The van der Waals surface area contributed by atoms with Gasteiger partial charge in [0.05, 0.1) is 5.75 Å². The summed E-state index contributed by atoms with van der Waals surface area (Å²) in [5, 5.41) is 6.83. The molecule has 32 heavy (non-hydrogen) atoms. The molecule has 0 amide bonds. The molecule has 8 nitrogen and oxygen atoms in total. The Bertz CT molecular complexity index is 1060. The highest BCUT2D eigenvalue weighted by Gasteiger charge is 2.38. The van der Waals surface area contributed by atoms with Crippen molar-refractivity contribution in [2.24, 2.45) is 0 Å². The zero-order chi connectivity index (χ0) is 22.3. The Morgan fingerprint density at radius 2 is 1.75 bits per heavy atom. The van der Waals surface area contributed by atoms with E-state index in [1.54, 1.807) is 10.5 Å². The number of sulfonamides is 1. The van der Waals surface area contributed by atoms with Crippen LogP contribution in [0.25, 0.3) is 0 Å². The van der Waals surface area contributed by atoms with Gasteiger partial charge in [0.25, 0.3) is 0 Å². The van der Waals surface area contributed by atoms with E-state index in [2.05, 4.69) is 51.5 Å². The molecule has 172 valence electrons. The van der Waals surface area contributed by atoms with E-state index in [1.165, 1.54) is 5.69 Å². The molecule has 9 heteroatoms. The predicted molar refractivity (Wildman–Crippen MR) is 128 cm³/mol. The zero-order valence-corrected chi connectivity index (χ0v) is 19.6. The second kappa shape index (κ2) is 8.51. The van der Waals surface area contributed by atoms with E-state index in [4.69, 9.17) is 0 Å². The summed E-state index contributed by atoms with van der Waals surface area (Å²) in [4.78, 5) is 11.5. The van der Waals surface area contributed by atoms with Crippen molar-refractivity contribution in [3.63, 3.8) is 0 Å². The topological polar surface area (TPSA) is 90.5 Å². The molecule has 2 N–H and O–H groups in total. The first-order valence-corrected chi connectivity index (χ1v) is 13.3. The summed E-state index contributed by atoms with van der Waals surface area (Å²) in [6.45, 7) is 6.38. The molecule has 5 rings (SSSR count). The number of hydrogen-bond acceptors (Lipinski definition) is 7. The third-order valence-corrected chi connectivity index (χ3v) is 8.47. The molecule has 3 heterocycles. The van der Waals surface area contributed by atoms with Crippen LogP contribution in [0.1, 0.15) is 45.1 Å². The number of rotatable bonds is 4. The van der Waals surface area contributed by atoms with Crippen LogP contribution in [0.15, 0.2) is 30.5 Å². The summed E-state index contributed by atoms with van der Waals surface area (Å²) < 4.78 is 27.3. The maximum absolute atomic E-state index is 12.9. The van der Waals surface area contributed by atoms with Gasteiger partial charge in [0.1, 0.15) is 0 Å². The maximum Gasteiger partial charge on any atom is 0.236 e. The molecule has 0 spiro atoms. The van der Waals surface area contributed by atoms with Gasteiger partial charge in [-0.1, -0.05) is 12.8 Å². The number of anilines is 4. The van der Waals surface area contributed by atoms with Crippen molar-refractivity contribution >= 4 is 33.2 Å². The van der Waals surface area contributed by atoms with E-state index in [-0.39, 0.29) is 11.8 Å². The minimum absolute atomic E-state index is 0.0184. The molecule has 2 aromatic rings. The van der Waals surface area contributed by atoms with E-state index in [9.17, 15) is 8.42 Å². The molecule has 1 saturated carbocycles. The van der Waals surface area contributed by atoms with Crippen LogP contribution < -0.4 is 19.8 Å². The van der Waals surface area contributed by atoms with Gasteiger partial charge in [-0.05, 0) is 57.4 Å². The van der Waals surface area contributed by atoms with Crippen molar-refractivity contribution < 1.29 is 8.42 Å². The van der Waals surface area contributed by atoms with Crippen LogP contribution in [0.4, 0.5) is 23.1 Å². The number of piperazine rings is 1. The molecule has 1 aromatic heterocycles. The lowest BCUT2D eigenvalue weighted by atomic mass is 10.1. The summed E-state index contributed by atoms with van der Waals surface area (Å²) >= 11 is 0. The molecule has 2 unspecified atom stereocenters. The highest BCUT2D eigenvalue weighted by atomic mass is 32.2. The van der Waals surface area contributed by atoms with Crippen molar-refractivity contribution in [1.29, 1.82) is 0 Å². The molecule has 1 aliphatic carbocycles. The number of fused-ring (bicyclic) bond motifs is 1. The van der Waals surface area contributed by atoms with Crippen molar-refractivity contribution in [3.05, 3.63) is 36.0 Å². The first kappa shape index (κ1) is 21.5. The van der Waals surface area contributed by atoms with Gasteiger partial charge in [0.15, 0.2) is 5.82 Å². The van der Waals surface area contributed by atoms with Gasteiger partial charge in [0.2, 0.25) is 16.0 Å². The third kappa shape index (κ3) is 4.28. The van der Waals surface area contributed by atoms with Crippen molar-refractivity contribution in [3.8, 4) is 0 Å². The minimum atomic E-state index is -3.33. The van der Waals surface area contributed by atoms with Gasteiger partial charge in [-0.25, -0.2) is 13.4 Å². The number of aromatic nitrogens is 2. The number of nitrogens with zero attached hydrogens (tertiary/aromatic N) is 4. The standard InChI is InChI=1S/C23H32N6O2S/c1-16-14-28(15-17(2)25-16)20-9-7-19(8-10-20)26-23-24-13-18-11-12-32(30,31)29(22(18)27-23)21-5-3-4-6-21/h7-10,13,16-17,21,25H,3-6,11-12,14-15H2,1-2H3,(H,24,26,27). The van der Waals surface area contributed by atoms with Gasteiger partial charge >= 0.3 is 0 Å². The van der Waals surface area contributed by atoms with Crippen LogP contribution >= 0.6 is 0 Å². The molecule has 2 aliphatic heterocycles. The van der Waals surface area contributed by atoms with Crippen LogP contribution in [0.3, 0.4) is 0 Å². The Hall–Kier alpha value is -2.39. The first-order valence-electron chi connectivity index (χ1n) is 11.7. The summed E-state index contributed by atoms with van der Waals surface area (Å²) in [6, 6.07) is 9.22. The lowest BCUT2D eigenvalue weighted by molar-refractivity contribution is 0.407. The molecule has 0 bridgehead atoms. The van der Waals surface area contributed by atoms with Gasteiger partial charge in [-0.3, -0.25) is 4.31 Å². The normalized spacial score (nSPS) is 25.6. The Kier molecular flexibility index (Phi) is 5.71. The fraction of sp³-hybridized carbons (Fsp3) is 0.565. The Labute approximate surface area is 190 Å².